The SMILES string of the molecule is N#CC1(NC(=O)C(N)CC2CCCCC2)CCN(CC2CCCCC2)CC1. The minimum absolute atomic E-state index is 0.122. The van der Waals surface area contributed by atoms with E-state index in [9.17, 15) is 10.1 Å². The minimum Gasteiger partial charge on any atom is -0.336 e. The Bertz CT molecular complexity index is 509. The van der Waals surface area contributed by atoms with Gasteiger partial charge in [0.2, 0.25) is 5.91 Å². The van der Waals surface area contributed by atoms with E-state index in [1.807, 2.05) is 0 Å². The number of piperidine rings is 1. The van der Waals surface area contributed by atoms with Gasteiger partial charge in [0.25, 0.3) is 0 Å². The molecular formula is C22H38N4O. The van der Waals surface area contributed by atoms with Crippen molar-refractivity contribution in [2.75, 3.05) is 19.6 Å². The van der Waals surface area contributed by atoms with Crippen LogP contribution in [0.1, 0.15) is 83.5 Å². The minimum atomic E-state index is -0.718. The van der Waals surface area contributed by atoms with Crippen LogP contribution in [0.4, 0.5) is 0 Å². The van der Waals surface area contributed by atoms with Gasteiger partial charge in [-0.25, -0.2) is 0 Å². The monoisotopic (exact) mass is 374 g/mol. The molecule has 5 nitrogen and oxygen atoms in total. The summed E-state index contributed by atoms with van der Waals surface area (Å²) < 4.78 is 0. The van der Waals surface area contributed by atoms with E-state index in [1.54, 1.807) is 0 Å². The highest BCUT2D eigenvalue weighted by Crippen LogP contribution is 2.29. The van der Waals surface area contributed by atoms with Crippen molar-refractivity contribution in [3.05, 3.63) is 0 Å². The van der Waals surface area contributed by atoms with Crippen molar-refractivity contribution in [2.45, 2.75) is 95.1 Å². The molecule has 152 valence electrons. The Morgan fingerprint density at radius 3 is 2.15 bits per heavy atom. The molecule has 1 saturated heterocycles. The quantitative estimate of drug-likeness (QED) is 0.747. The summed E-state index contributed by atoms with van der Waals surface area (Å²) in [5.74, 6) is 1.28. The molecule has 1 unspecified atom stereocenters. The van der Waals surface area contributed by atoms with Gasteiger partial charge in [0.15, 0.2) is 0 Å². The van der Waals surface area contributed by atoms with Gasteiger partial charge in [-0.3, -0.25) is 4.79 Å². The summed E-state index contributed by atoms with van der Waals surface area (Å²) in [5, 5.41) is 12.8. The van der Waals surface area contributed by atoms with Crippen LogP contribution in [0, 0.1) is 23.2 Å². The average molecular weight is 375 g/mol. The van der Waals surface area contributed by atoms with E-state index in [1.165, 1.54) is 64.2 Å². The number of nitrogens with one attached hydrogen (secondary N) is 1. The summed E-state index contributed by atoms with van der Waals surface area (Å²) in [4.78, 5) is 15.1. The normalized spacial score (nSPS) is 26.2. The van der Waals surface area contributed by atoms with Gasteiger partial charge in [0.1, 0.15) is 5.54 Å². The lowest BCUT2D eigenvalue weighted by molar-refractivity contribution is -0.124. The number of amides is 1. The van der Waals surface area contributed by atoms with Gasteiger partial charge >= 0.3 is 0 Å². The predicted octanol–water partition coefficient (Wildman–Crippen LogP) is 3.34. The summed E-state index contributed by atoms with van der Waals surface area (Å²) in [6, 6.07) is 1.94. The number of nitrogens with zero attached hydrogens (tertiary/aromatic N) is 2. The lowest BCUT2D eigenvalue weighted by atomic mass is 9.84. The lowest BCUT2D eigenvalue weighted by Crippen LogP contribution is -2.58. The van der Waals surface area contributed by atoms with Crippen LogP contribution in [-0.2, 0) is 4.79 Å². The third-order valence-electron chi connectivity index (χ3n) is 7.18. The molecule has 2 aliphatic carbocycles. The molecular weight excluding hydrogens is 336 g/mol. The number of carbonyl (C=O) groups is 1. The molecule has 3 fully saturated rings. The standard InChI is InChI=1S/C22H38N4O/c23-17-22(25-21(27)20(24)15-18-7-3-1-4-8-18)11-13-26(14-12-22)16-19-9-5-2-6-10-19/h18-20H,1-16,24H2,(H,25,27). The summed E-state index contributed by atoms with van der Waals surface area (Å²) in [5.41, 5.74) is 5.48. The Balaban J connectivity index is 1.44. The van der Waals surface area contributed by atoms with E-state index in [0.29, 0.717) is 5.92 Å². The summed E-state index contributed by atoms with van der Waals surface area (Å²) in [6.45, 7) is 2.97. The molecule has 3 aliphatic rings. The number of rotatable bonds is 6. The van der Waals surface area contributed by atoms with Crippen molar-refractivity contribution >= 4 is 5.91 Å². The van der Waals surface area contributed by atoms with Crippen LogP contribution in [0.15, 0.2) is 0 Å². The van der Waals surface area contributed by atoms with Crippen LogP contribution >= 0.6 is 0 Å². The first kappa shape index (κ1) is 20.6. The molecule has 0 aromatic carbocycles. The van der Waals surface area contributed by atoms with Gasteiger partial charge in [0.05, 0.1) is 12.1 Å². The highest BCUT2D eigenvalue weighted by Gasteiger charge is 2.38. The van der Waals surface area contributed by atoms with Gasteiger partial charge < -0.3 is 16.0 Å². The summed E-state index contributed by atoms with van der Waals surface area (Å²) >= 11 is 0. The first-order valence-corrected chi connectivity index (χ1v) is 11.3. The van der Waals surface area contributed by atoms with Crippen LogP contribution < -0.4 is 11.1 Å². The van der Waals surface area contributed by atoms with Crippen LogP contribution in [0.5, 0.6) is 0 Å². The molecule has 3 N–H and O–H groups in total. The molecule has 1 atom stereocenters. The number of carbonyl (C=O) groups excluding carboxylic acids is 1. The Hall–Kier alpha value is -1.12. The number of likely N-dealkylation sites (tertiary alicyclic amines) is 1. The van der Waals surface area contributed by atoms with Crippen molar-refractivity contribution in [1.29, 1.82) is 5.26 Å². The largest absolute Gasteiger partial charge is 0.336 e. The fraction of sp³-hybridized carbons (Fsp3) is 0.909. The number of nitriles is 1. The lowest BCUT2D eigenvalue weighted by Gasteiger charge is -2.40. The second-order valence-corrected chi connectivity index (χ2v) is 9.33. The van der Waals surface area contributed by atoms with E-state index in [-0.39, 0.29) is 5.91 Å². The predicted molar refractivity (Wildman–Crippen MR) is 108 cm³/mol. The zero-order valence-electron chi connectivity index (χ0n) is 16.9. The fourth-order valence-corrected chi connectivity index (χ4v) is 5.33. The van der Waals surface area contributed by atoms with E-state index in [4.69, 9.17) is 5.73 Å². The Labute approximate surface area is 165 Å². The Morgan fingerprint density at radius 2 is 1.59 bits per heavy atom. The molecule has 1 heterocycles. The molecule has 0 radical (unpaired) electrons. The van der Waals surface area contributed by atoms with E-state index >= 15 is 0 Å². The molecule has 3 rings (SSSR count). The second kappa shape index (κ2) is 9.89. The number of hydrogen-bond donors (Lipinski definition) is 2. The maximum absolute atomic E-state index is 12.6. The van der Waals surface area contributed by atoms with Crippen LogP contribution in [0.2, 0.25) is 0 Å². The van der Waals surface area contributed by atoms with Crippen LogP contribution in [0.25, 0.3) is 0 Å². The number of hydrogen-bond acceptors (Lipinski definition) is 4. The third kappa shape index (κ3) is 5.93. The van der Waals surface area contributed by atoms with E-state index in [0.717, 1.165) is 44.8 Å². The third-order valence-corrected chi connectivity index (χ3v) is 7.18. The average Bonchev–Trinajstić information content (AvgIpc) is 2.71. The maximum Gasteiger partial charge on any atom is 0.238 e. The van der Waals surface area contributed by atoms with Crippen LogP contribution in [0.3, 0.4) is 0 Å². The molecule has 0 aromatic rings. The molecule has 2 saturated carbocycles. The Kier molecular flexibility index (Phi) is 7.55. The maximum atomic E-state index is 12.6. The first-order valence-electron chi connectivity index (χ1n) is 11.3. The topological polar surface area (TPSA) is 82.1 Å². The van der Waals surface area contributed by atoms with Crippen molar-refractivity contribution in [2.24, 2.45) is 17.6 Å². The molecule has 5 heteroatoms. The molecule has 1 amide bonds. The van der Waals surface area contributed by atoms with Crippen molar-refractivity contribution in [1.82, 2.24) is 10.2 Å². The van der Waals surface area contributed by atoms with Crippen molar-refractivity contribution in [3.8, 4) is 6.07 Å². The van der Waals surface area contributed by atoms with Gasteiger partial charge in [-0.1, -0.05) is 51.4 Å². The second-order valence-electron chi connectivity index (χ2n) is 9.33. The van der Waals surface area contributed by atoms with Gasteiger partial charge in [-0.05, 0) is 43.9 Å². The molecule has 27 heavy (non-hydrogen) atoms. The van der Waals surface area contributed by atoms with Gasteiger partial charge in [-0.2, -0.15) is 5.26 Å². The highest BCUT2D eigenvalue weighted by atomic mass is 16.2. The highest BCUT2D eigenvalue weighted by molar-refractivity contribution is 5.82. The zero-order chi connectivity index (χ0) is 19.1. The summed E-state index contributed by atoms with van der Waals surface area (Å²) in [7, 11) is 0. The molecule has 0 aromatic heterocycles. The van der Waals surface area contributed by atoms with Crippen molar-refractivity contribution < 1.29 is 4.79 Å². The fourth-order valence-electron chi connectivity index (χ4n) is 5.33. The van der Waals surface area contributed by atoms with E-state index < -0.39 is 11.6 Å². The van der Waals surface area contributed by atoms with E-state index in [2.05, 4.69) is 16.3 Å². The molecule has 0 bridgehead atoms. The van der Waals surface area contributed by atoms with Crippen molar-refractivity contribution in [3.63, 3.8) is 0 Å². The molecule has 1 aliphatic heterocycles. The smallest absolute Gasteiger partial charge is 0.238 e. The number of nitrogens with two attached hydrogens (primary N) is 1. The van der Waals surface area contributed by atoms with Gasteiger partial charge in [0, 0.05) is 19.6 Å². The zero-order valence-corrected chi connectivity index (χ0v) is 16.9. The molecule has 0 spiro atoms. The van der Waals surface area contributed by atoms with Crippen LogP contribution in [-0.4, -0.2) is 42.0 Å². The van der Waals surface area contributed by atoms with Gasteiger partial charge in [-0.15, -0.1) is 0 Å². The summed E-state index contributed by atoms with van der Waals surface area (Å²) in [6.07, 6.45) is 15.3. The Morgan fingerprint density at radius 1 is 1.04 bits per heavy atom. The first-order chi connectivity index (χ1) is 13.1.